The minimum absolute atomic E-state index is 0.986. The predicted molar refractivity (Wildman–Crippen MR) is 66.8 cm³/mol. The fourth-order valence-electron chi connectivity index (χ4n) is 3.93. The highest BCUT2D eigenvalue weighted by molar-refractivity contribution is 4.86. The second-order valence-corrected chi connectivity index (χ2v) is 5.63. The minimum Gasteiger partial charge on any atom is -0.103 e. The lowest BCUT2D eigenvalue weighted by Crippen LogP contribution is -2.28. The van der Waals surface area contributed by atoms with Crippen LogP contribution in [0.25, 0.3) is 0 Å². The standard InChI is InChI=1S/C15H26/c1-2-8-13-11-6-7-12-15(13)14-9-4-3-5-10-14/h2,13-15H,1,3-12H2. The Bertz CT molecular complexity index is 188. The monoisotopic (exact) mass is 206 g/mol. The molecular weight excluding hydrogens is 180 g/mol. The summed E-state index contributed by atoms with van der Waals surface area (Å²) in [6, 6.07) is 0. The van der Waals surface area contributed by atoms with Gasteiger partial charge in [-0.15, -0.1) is 6.58 Å². The van der Waals surface area contributed by atoms with Crippen molar-refractivity contribution in [2.45, 2.75) is 64.2 Å². The van der Waals surface area contributed by atoms with Gasteiger partial charge in [0, 0.05) is 0 Å². The molecule has 2 aliphatic rings. The van der Waals surface area contributed by atoms with E-state index in [1.54, 1.807) is 0 Å². The third kappa shape index (κ3) is 2.86. The number of allylic oxidation sites excluding steroid dienone is 1. The van der Waals surface area contributed by atoms with Crippen LogP contribution in [0.2, 0.25) is 0 Å². The minimum atomic E-state index is 0.986. The second kappa shape index (κ2) is 5.72. The average molecular weight is 206 g/mol. The van der Waals surface area contributed by atoms with E-state index in [0.717, 1.165) is 17.8 Å². The topological polar surface area (TPSA) is 0 Å². The molecule has 0 amide bonds. The Morgan fingerprint density at radius 3 is 2.27 bits per heavy atom. The Labute approximate surface area is 95.1 Å². The van der Waals surface area contributed by atoms with Crippen molar-refractivity contribution in [1.29, 1.82) is 0 Å². The normalized spacial score (nSPS) is 33.9. The first-order valence-electron chi connectivity index (χ1n) is 7.02. The third-order valence-electron chi connectivity index (χ3n) is 4.69. The summed E-state index contributed by atoms with van der Waals surface area (Å²) >= 11 is 0. The molecule has 0 radical (unpaired) electrons. The molecule has 2 atom stereocenters. The molecule has 2 saturated carbocycles. The van der Waals surface area contributed by atoms with Gasteiger partial charge in [0.25, 0.3) is 0 Å². The second-order valence-electron chi connectivity index (χ2n) is 5.63. The largest absolute Gasteiger partial charge is 0.103 e. The van der Waals surface area contributed by atoms with Crippen molar-refractivity contribution in [1.82, 2.24) is 0 Å². The van der Waals surface area contributed by atoms with Gasteiger partial charge in [0.15, 0.2) is 0 Å². The summed E-state index contributed by atoms with van der Waals surface area (Å²) in [5.41, 5.74) is 0. The highest BCUT2D eigenvalue weighted by Gasteiger charge is 2.31. The van der Waals surface area contributed by atoms with E-state index in [2.05, 4.69) is 12.7 Å². The molecule has 0 N–H and O–H groups in total. The quantitative estimate of drug-likeness (QED) is 0.573. The van der Waals surface area contributed by atoms with Crippen molar-refractivity contribution >= 4 is 0 Å². The van der Waals surface area contributed by atoms with Crippen molar-refractivity contribution in [3.63, 3.8) is 0 Å². The van der Waals surface area contributed by atoms with E-state index >= 15 is 0 Å². The Morgan fingerprint density at radius 1 is 0.867 bits per heavy atom. The molecule has 0 saturated heterocycles. The fourth-order valence-corrected chi connectivity index (χ4v) is 3.93. The van der Waals surface area contributed by atoms with Gasteiger partial charge in [-0.1, -0.05) is 51.0 Å². The summed E-state index contributed by atoms with van der Waals surface area (Å²) in [7, 11) is 0. The van der Waals surface area contributed by atoms with Gasteiger partial charge in [-0.05, 0) is 37.0 Å². The van der Waals surface area contributed by atoms with Gasteiger partial charge in [-0.3, -0.25) is 0 Å². The molecule has 0 heterocycles. The lowest BCUT2D eigenvalue weighted by atomic mass is 9.67. The molecule has 2 aliphatic carbocycles. The van der Waals surface area contributed by atoms with Crippen LogP contribution in [0.5, 0.6) is 0 Å². The summed E-state index contributed by atoms with van der Waals surface area (Å²) in [6.07, 6.45) is 17.0. The van der Waals surface area contributed by atoms with Crippen LogP contribution in [-0.4, -0.2) is 0 Å². The average Bonchev–Trinajstić information content (AvgIpc) is 2.31. The molecule has 0 spiro atoms. The maximum atomic E-state index is 3.93. The van der Waals surface area contributed by atoms with Crippen LogP contribution in [0.15, 0.2) is 12.7 Å². The van der Waals surface area contributed by atoms with Crippen LogP contribution in [0, 0.1) is 17.8 Å². The van der Waals surface area contributed by atoms with Gasteiger partial charge in [0.1, 0.15) is 0 Å². The van der Waals surface area contributed by atoms with Gasteiger partial charge < -0.3 is 0 Å². The van der Waals surface area contributed by atoms with E-state index in [-0.39, 0.29) is 0 Å². The van der Waals surface area contributed by atoms with Crippen molar-refractivity contribution in [2.24, 2.45) is 17.8 Å². The number of rotatable bonds is 3. The molecule has 0 heteroatoms. The van der Waals surface area contributed by atoms with Gasteiger partial charge >= 0.3 is 0 Å². The van der Waals surface area contributed by atoms with Gasteiger partial charge in [-0.25, -0.2) is 0 Å². The smallest absolute Gasteiger partial charge is 0.0322 e. The van der Waals surface area contributed by atoms with E-state index < -0.39 is 0 Å². The first kappa shape index (κ1) is 11.2. The maximum absolute atomic E-state index is 3.93. The fraction of sp³-hybridized carbons (Fsp3) is 0.867. The summed E-state index contributed by atoms with van der Waals surface area (Å²) < 4.78 is 0. The van der Waals surface area contributed by atoms with Crippen LogP contribution in [0.1, 0.15) is 64.2 Å². The molecule has 0 aliphatic heterocycles. The summed E-state index contributed by atoms with van der Waals surface area (Å²) in [5, 5.41) is 0. The molecule has 0 aromatic heterocycles. The van der Waals surface area contributed by atoms with Crippen LogP contribution >= 0.6 is 0 Å². The first-order valence-corrected chi connectivity index (χ1v) is 7.02. The first-order chi connectivity index (χ1) is 7.42. The van der Waals surface area contributed by atoms with Gasteiger partial charge in [0.05, 0.1) is 0 Å². The lowest BCUT2D eigenvalue weighted by Gasteiger charge is -2.38. The molecule has 0 aromatic carbocycles. The zero-order chi connectivity index (χ0) is 10.5. The van der Waals surface area contributed by atoms with Gasteiger partial charge in [-0.2, -0.15) is 0 Å². The van der Waals surface area contributed by atoms with E-state index in [0.29, 0.717) is 0 Å². The van der Waals surface area contributed by atoms with E-state index in [1.807, 2.05) is 0 Å². The van der Waals surface area contributed by atoms with Crippen LogP contribution in [0.4, 0.5) is 0 Å². The number of hydrogen-bond acceptors (Lipinski definition) is 0. The van der Waals surface area contributed by atoms with Crippen molar-refractivity contribution in [3.05, 3.63) is 12.7 Å². The number of hydrogen-bond donors (Lipinski definition) is 0. The molecule has 86 valence electrons. The summed E-state index contributed by atoms with van der Waals surface area (Å²) in [5.74, 6) is 3.11. The van der Waals surface area contributed by atoms with Crippen LogP contribution < -0.4 is 0 Å². The molecule has 15 heavy (non-hydrogen) atoms. The molecular formula is C15H26. The Morgan fingerprint density at radius 2 is 1.53 bits per heavy atom. The van der Waals surface area contributed by atoms with Crippen LogP contribution in [-0.2, 0) is 0 Å². The van der Waals surface area contributed by atoms with E-state index in [9.17, 15) is 0 Å². The lowest BCUT2D eigenvalue weighted by molar-refractivity contribution is 0.130. The summed E-state index contributed by atoms with van der Waals surface area (Å²) in [4.78, 5) is 0. The zero-order valence-electron chi connectivity index (χ0n) is 10.1. The van der Waals surface area contributed by atoms with E-state index in [1.165, 1.54) is 64.2 Å². The van der Waals surface area contributed by atoms with Gasteiger partial charge in [0.2, 0.25) is 0 Å². The summed E-state index contributed by atoms with van der Waals surface area (Å²) in [6.45, 7) is 3.93. The highest BCUT2D eigenvalue weighted by atomic mass is 14.4. The van der Waals surface area contributed by atoms with Crippen LogP contribution in [0.3, 0.4) is 0 Å². The molecule has 0 bridgehead atoms. The molecule has 2 rings (SSSR count). The Balaban J connectivity index is 1.93. The molecule has 0 nitrogen and oxygen atoms in total. The van der Waals surface area contributed by atoms with Crippen molar-refractivity contribution in [2.75, 3.05) is 0 Å². The van der Waals surface area contributed by atoms with E-state index in [4.69, 9.17) is 0 Å². The maximum Gasteiger partial charge on any atom is -0.0322 e. The molecule has 2 fully saturated rings. The third-order valence-corrected chi connectivity index (χ3v) is 4.69. The molecule has 0 aromatic rings. The SMILES string of the molecule is C=CCC1CCCCC1C1CCCCC1. The Hall–Kier alpha value is -0.260. The van der Waals surface area contributed by atoms with Crippen molar-refractivity contribution in [3.8, 4) is 0 Å². The predicted octanol–water partition coefficient (Wildman–Crippen LogP) is 4.95. The Kier molecular flexibility index (Phi) is 4.29. The zero-order valence-corrected chi connectivity index (χ0v) is 10.1. The van der Waals surface area contributed by atoms with Crippen molar-refractivity contribution < 1.29 is 0 Å². The molecule has 2 unspecified atom stereocenters. The highest BCUT2D eigenvalue weighted by Crippen LogP contribution is 2.42.